The smallest absolute Gasteiger partial charge is 0.294 e. The van der Waals surface area contributed by atoms with E-state index in [9.17, 15) is 4.79 Å². The Bertz CT molecular complexity index is 618. The Morgan fingerprint density at radius 3 is 2.68 bits per heavy atom. The molecule has 0 aliphatic heterocycles. The van der Waals surface area contributed by atoms with Crippen LogP contribution in [0.4, 0.5) is 11.7 Å². The van der Waals surface area contributed by atoms with Crippen LogP contribution >= 0.6 is 0 Å². The van der Waals surface area contributed by atoms with Crippen LogP contribution < -0.4 is 10.6 Å². The first-order chi connectivity index (χ1) is 10.7. The van der Waals surface area contributed by atoms with Crippen LogP contribution in [-0.4, -0.2) is 17.9 Å². The molecule has 1 aliphatic rings. The van der Waals surface area contributed by atoms with E-state index in [1.165, 1.54) is 6.42 Å². The van der Waals surface area contributed by atoms with Crippen molar-refractivity contribution >= 4 is 17.6 Å². The van der Waals surface area contributed by atoms with E-state index < -0.39 is 0 Å². The van der Waals surface area contributed by atoms with Gasteiger partial charge in [-0.25, -0.2) is 4.98 Å². The number of nitrogens with one attached hydrogen (secondary N) is 2. The number of amides is 1. The molecule has 1 aromatic heterocycles. The summed E-state index contributed by atoms with van der Waals surface area (Å²) in [5.74, 6) is 0.974. The molecule has 5 nitrogen and oxygen atoms in total. The van der Waals surface area contributed by atoms with Crippen molar-refractivity contribution in [3.8, 4) is 11.3 Å². The number of carbonyl (C=O) groups excluding carboxylic acids is 1. The van der Waals surface area contributed by atoms with Gasteiger partial charge in [-0.3, -0.25) is 4.79 Å². The fourth-order valence-corrected chi connectivity index (χ4v) is 1.86. The maximum atomic E-state index is 11.7. The molecule has 118 valence electrons. The molecule has 0 saturated heterocycles. The van der Waals surface area contributed by atoms with Gasteiger partial charge >= 0.3 is 0 Å². The van der Waals surface area contributed by atoms with E-state index in [-0.39, 0.29) is 11.8 Å². The van der Waals surface area contributed by atoms with E-state index in [1.54, 1.807) is 13.2 Å². The lowest BCUT2D eigenvalue weighted by Gasteiger charge is -2.05. The molecule has 0 unspecified atom stereocenters. The Balaban J connectivity index is 0.000000545. The highest BCUT2D eigenvalue weighted by molar-refractivity contribution is 5.94. The largest absolute Gasteiger partial charge is 0.424 e. The van der Waals surface area contributed by atoms with Gasteiger partial charge in [0, 0.05) is 24.2 Å². The number of anilines is 2. The lowest BCUT2D eigenvalue weighted by molar-refractivity contribution is -0.117. The van der Waals surface area contributed by atoms with Crippen LogP contribution in [0, 0.1) is 5.92 Å². The Morgan fingerprint density at radius 2 is 2.09 bits per heavy atom. The van der Waals surface area contributed by atoms with Gasteiger partial charge in [-0.15, -0.1) is 0 Å². The number of aromatic nitrogens is 1. The zero-order chi connectivity index (χ0) is 15.9. The van der Waals surface area contributed by atoms with Gasteiger partial charge in [0.05, 0.1) is 6.20 Å². The van der Waals surface area contributed by atoms with Gasteiger partial charge in [0.25, 0.3) is 6.01 Å². The molecule has 1 aliphatic carbocycles. The van der Waals surface area contributed by atoms with Gasteiger partial charge in [-0.05, 0) is 25.0 Å². The molecule has 1 aromatic carbocycles. The number of oxazole rings is 1. The van der Waals surface area contributed by atoms with E-state index in [0.717, 1.165) is 24.1 Å². The van der Waals surface area contributed by atoms with E-state index in [4.69, 9.17) is 4.42 Å². The standard InChI is InChI=1S/C14H15N3O2.C3H8/c1-15-14-16-8-12(19-14)10-3-2-4-11(7-10)17-13(18)9-5-6-9;1-3-2/h2-4,7-9H,5-6H2,1H3,(H,15,16)(H,17,18);3H2,1-2H3. The molecule has 0 spiro atoms. The maximum absolute atomic E-state index is 11.7. The summed E-state index contributed by atoms with van der Waals surface area (Å²) in [6, 6.07) is 8.05. The molecular formula is C17H23N3O2. The second kappa shape index (κ2) is 7.64. The van der Waals surface area contributed by atoms with Crippen LogP contribution in [-0.2, 0) is 4.79 Å². The Hall–Kier alpha value is -2.30. The molecule has 22 heavy (non-hydrogen) atoms. The molecule has 1 heterocycles. The molecule has 5 heteroatoms. The minimum absolute atomic E-state index is 0.102. The highest BCUT2D eigenvalue weighted by Crippen LogP contribution is 2.31. The molecular weight excluding hydrogens is 278 g/mol. The molecule has 2 N–H and O–H groups in total. The summed E-state index contributed by atoms with van der Waals surface area (Å²) in [6.07, 6.45) is 4.91. The number of rotatable bonds is 4. The van der Waals surface area contributed by atoms with Crippen molar-refractivity contribution < 1.29 is 9.21 Å². The van der Waals surface area contributed by atoms with Crippen molar-refractivity contribution in [1.29, 1.82) is 0 Å². The molecule has 1 fully saturated rings. The summed E-state index contributed by atoms with van der Waals surface area (Å²) in [6.45, 7) is 4.25. The number of nitrogens with zero attached hydrogens (tertiary/aromatic N) is 1. The van der Waals surface area contributed by atoms with Gasteiger partial charge in [0.15, 0.2) is 5.76 Å². The predicted molar refractivity (Wildman–Crippen MR) is 88.8 cm³/mol. The molecule has 2 aromatic rings. The number of benzene rings is 1. The molecule has 3 rings (SSSR count). The first kappa shape index (κ1) is 16.1. The van der Waals surface area contributed by atoms with Crippen LogP contribution in [0.1, 0.15) is 33.1 Å². The van der Waals surface area contributed by atoms with Gasteiger partial charge in [0.1, 0.15) is 0 Å². The average molecular weight is 301 g/mol. The maximum Gasteiger partial charge on any atom is 0.294 e. The summed E-state index contributed by atoms with van der Waals surface area (Å²) in [5, 5.41) is 5.76. The van der Waals surface area contributed by atoms with Crippen LogP contribution in [0.5, 0.6) is 0 Å². The fraction of sp³-hybridized carbons (Fsp3) is 0.412. The van der Waals surface area contributed by atoms with Crippen molar-refractivity contribution in [2.45, 2.75) is 33.1 Å². The van der Waals surface area contributed by atoms with Crippen LogP contribution in [0.3, 0.4) is 0 Å². The zero-order valence-corrected chi connectivity index (χ0v) is 13.3. The third-order valence-electron chi connectivity index (χ3n) is 3.08. The Kier molecular flexibility index (Phi) is 5.58. The van der Waals surface area contributed by atoms with Crippen LogP contribution in [0.25, 0.3) is 11.3 Å². The number of hydrogen-bond acceptors (Lipinski definition) is 4. The van der Waals surface area contributed by atoms with E-state index >= 15 is 0 Å². The summed E-state index contributed by atoms with van der Waals surface area (Å²) < 4.78 is 5.50. The summed E-state index contributed by atoms with van der Waals surface area (Å²) in [7, 11) is 1.75. The van der Waals surface area contributed by atoms with Gasteiger partial charge in [0.2, 0.25) is 5.91 Å². The SMILES string of the molecule is CCC.CNc1ncc(-c2cccc(NC(=O)C3CC3)c2)o1. The van der Waals surface area contributed by atoms with Gasteiger partial charge < -0.3 is 15.1 Å². The second-order valence-corrected chi connectivity index (χ2v) is 5.33. The monoisotopic (exact) mass is 301 g/mol. The minimum Gasteiger partial charge on any atom is -0.424 e. The van der Waals surface area contributed by atoms with Crippen LogP contribution in [0.2, 0.25) is 0 Å². The van der Waals surface area contributed by atoms with E-state index in [1.807, 2.05) is 24.3 Å². The molecule has 0 radical (unpaired) electrons. The van der Waals surface area contributed by atoms with Crippen molar-refractivity contribution in [3.05, 3.63) is 30.5 Å². The van der Waals surface area contributed by atoms with E-state index in [0.29, 0.717) is 11.8 Å². The fourth-order valence-electron chi connectivity index (χ4n) is 1.86. The molecule has 0 bridgehead atoms. The first-order valence-corrected chi connectivity index (χ1v) is 7.72. The third-order valence-corrected chi connectivity index (χ3v) is 3.08. The lowest BCUT2D eigenvalue weighted by Crippen LogP contribution is -2.13. The quantitative estimate of drug-likeness (QED) is 0.890. The number of hydrogen-bond donors (Lipinski definition) is 2. The third kappa shape index (κ3) is 4.35. The first-order valence-electron chi connectivity index (χ1n) is 7.72. The predicted octanol–water partition coefficient (Wildman–Crippen LogP) is 4.15. The Morgan fingerprint density at radius 1 is 1.36 bits per heavy atom. The molecule has 1 saturated carbocycles. The number of carbonyl (C=O) groups is 1. The lowest BCUT2D eigenvalue weighted by atomic mass is 10.1. The van der Waals surface area contributed by atoms with Gasteiger partial charge in [-0.2, -0.15) is 0 Å². The average Bonchev–Trinajstić information content (AvgIpc) is 3.26. The van der Waals surface area contributed by atoms with Crippen molar-refractivity contribution in [2.75, 3.05) is 17.7 Å². The van der Waals surface area contributed by atoms with Crippen molar-refractivity contribution in [3.63, 3.8) is 0 Å². The Labute approximate surface area is 131 Å². The highest BCUT2D eigenvalue weighted by Gasteiger charge is 2.29. The van der Waals surface area contributed by atoms with E-state index in [2.05, 4.69) is 29.5 Å². The summed E-state index contributed by atoms with van der Waals surface area (Å²) in [4.78, 5) is 15.8. The minimum atomic E-state index is 0.102. The van der Waals surface area contributed by atoms with Crippen molar-refractivity contribution in [2.24, 2.45) is 5.92 Å². The highest BCUT2D eigenvalue weighted by atomic mass is 16.4. The van der Waals surface area contributed by atoms with Crippen molar-refractivity contribution in [1.82, 2.24) is 4.98 Å². The van der Waals surface area contributed by atoms with Gasteiger partial charge in [-0.1, -0.05) is 32.4 Å². The van der Waals surface area contributed by atoms with Crippen LogP contribution in [0.15, 0.2) is 34.9 Å². The molecule has 0 atom stereocenters. The topological polar surface area (TPSA) is 67.2 Å². The molecule has 1 amide bonds. The zero-order valence-electron chi connectivity index (χ0n) is 13.3. The summed E-state index contributed by atoms with van der Waals surface area (Å²) in [5.41, 5.74) is 1.68. The normalized spacial score (nSPS) is 13.0. The summed E-state index contributed by atoms with van der Waals surface area (Å²) >= 11 is 0. The second-order valence-electron chi connectivity index (χ2n) is 5.33.